The predicted octanol–water partition coefficient (Wildman–Crippen LogP) is 5.94. The Hall–Kier alpha value is -1.32. The highest BCUT2D eigenvalue weighted by molar-refractivity contribution is 9.10. The molecular formula is C22H24BrClNO6PS. The van der Waals surface area contributed by atoms with Crippen LogP contribution in [-0.2, 0) is 28.9 Å². The molecule has 0 fully saturated rings. The Balaban J connectivity index is 2.35. The predicted molar refractivity (Wildman–Crippen MR) is 131 cm³/mol. The topological polar surface area (TPSA) is 98.8 Å². The average Bonchev–Trinajstić information content (AvgIpc) is 2.70. The van der Waals surface area contributed by atoms with Crippen LogP contribution in [0.3, 0.4) is 0 Å². The van der Waals surface area contributed by atoms with Gasteiger partial charge in [-0.25, -0.2) is 8.42 Å². The summed E-state index contributed by atoms with van der Waals surface area (Å²) >= 11 is 9.57. The Bertz CT molecular complexity index is 1230. The van der Waals surface area contributed by atoms with Gasteiger partial charge in [-0.3, -0.25) is 9.36 Å². The number of fused-ring (bicyclic) bond motifs is 1. The standard InChI is InChI=1S/C22H24BrClNO6PS/c1-14(2)30-32(27,31-15(3)4)22(25-33(28,29)17-11-9-16(23)10-12-17)13-20(24)21(26)18-7-5-6-8-19(18)22/h5-15,25H,1-4H3. The van der Waals surface area contributed by atoms with Crippen molar-refractivity contribution >= 4 is 50.9 Å². The van der Waals surface area contributed by atoms with E-state index in [2.05, 4.69) is 20.7 Å². The molecule has 33 heavy (non-hydrogen) atoms. The lowest BCUT2D eigenvalue weighted by atomic mass is 9.92. The van der Waals surface area contributed by atoms with E-state index in [-0.39, 0.29) is 21.1 Å². The number of hydrogen-bond donors (Lipinski definition) is 1. The largest absolute Gasteiger partial charge is 0.360 e. The van der Waals surface area contributed by atoms with Gasteiger partial charge in [0, 0.05) is 15.6 Å². The van der Waals surface area contributed by atoms with Crippen molar-refractivity contribution in [3.63, 3.8) is 0 Å². The van der Waals surface area contributed by atoms with Gasteiger partial charge in [0.2, 0.25) is 15.8 Å². The van der Waals surface area contributed by atoms with Crippen molar-refractivity contribution in [1.29, 1.82) is 0 Å². The summed E-state index contributed by atoms with van der Waals surface area (Å²) in [6.07, 6.45) is -0.0672. The first-order valence-electron chi connectivity index (χ1n) is 10.1. The van der Waals surface area contributed by atoms with Gasteiger partial charge >= 0.3 is 7.60 Å². The smallest absolute Gasteiger partial charge is 0.304 e. The van der Waals surface area contributed by atoms with Crippen LogP contribution in [0.1, 0.15) is 43.6 Å². The maximum absolute atomic E-state index is 14.5. The molecule has 2 aromatic carbocycles. The minimum atomic E-state index is -4.37. The Morgan fingerprint density at radius 2 is 1.55 bits per heavy atom. The number of hydrogen-bond acceptors (Lipinski definition) is 6. The van der Waals surface area contributed by atoms with Crippen LogP contribution in [0.15, 0.2) is 69.0 Å². The van der Waals surface area contributed by atoms with Crippen LogP contribution in [0.2, 0.25) is 0 Å². The van der Waals surface area contributed by atoms with Crippen LogP contribution in [0, 0.1) is 0 Å². The SMILES string of the molecule is CC(C)OP(=O)(OC(C)C)C1(NS(=O)(=O)c2ccc(Br)cc2)C=C(Cl)C(=O)c2ccccc21. The van der Waals surface area contributed by atoms with Gasteiger partial charge in [0.05, 0.1) is 22.1 Å². The van der Waals surface area contributed by atoms with E-state index in [1.54, 1.807) is 52.0 Å². The molecule has 1 N–H and O–H groups in total. The molecule has 2 aromatic rings. The van der Waals surface area contributed by atoms with Gasteiger partial charge in [-0.2, -0.15) is 4.72 Å². The number of benzene rings is 2. The van der Waals surface area contributed by atoms with Gasteiger partial charge in [-0.15, -0.1) is 0 Å². The highest BCUT2D eigenvalue weighted by Gasteiger charge is 2.58. The second-order valence-electron chi connectivity index (χ2n) is 8.00. The van der Waals surface area contributed by atoms with E-state index < -0.39 is 40.9 Å². The number of rotatable bonds is 8. The van der Waals surface area contributed by atoms with Gasteiger partial charge in [0.25, 0.3) is 0 Å². The summed E-state index contributed by atoms with van der Waals surface area (Å²) in [4.78, 5) is 12.7. The molecular weight excluding hydrogens is 553 g/mol. The molecule has 1 unspecified atom stereocenters. The zero-order chi connectivity index (χ0) is 24.6. The zero-order valence-electron chi connectivity index (χ0n) is 18.4. The molecule has 1 aliphatic rings. The molecule has 178 valence electrons. The first kappa shape index (κ1) is 26.3. The van der Waals surface area contributed by atoms with E-state index in [0.717, 1.165) is 6.08 Å². The molecule has 0 saturated heterocycles. The van der Waals surface area contributed by atoms with Gasteiger partial charge in [0.1, 0.15) is 0 Å². The molecule has 0 radical (unpaired) electrons. The monoisotopic (exact) mass is 575 g/mol. The number of halogens is 2. The molecule has 0 heterocycles. The summed E-state index contributed by atoms with van der Waals surface area (Å²) in [5.41, 5.74) is 0.230. The number of nitrogens with one attached hydrogen (secondary N) is 1. The first-order valence-corrected chi connectivity index (χ1v) is 14.3. The summed E-state index contributed by atoms with van der Waals surface area (Å²) in [6.45, 7) is 6.61. The Labute approximate surface area is 207 Å². The average molecular weight is 577 g/mol. The van der Waals surface area contributed by atoms with Gasteiger partial charge < -0.3 is 9.05 Å². The number of carbonyl (C=O) groups is 1. The maximum Gasteiger partial charge on any atom is 0.360 e. The second-order valence-corrected chi connectivity index (χ2v) is 13.1. The van der Waals surface area contributed by atoms with Gasteiger partial charge in [0.15, 0.2) is 5.28 Å². The fourth-order valence-corrected chi connectivity index (χ4v) is 8.33. The van der Waals surface area contributed by atoms with E-state index in [9.17, 15) is 17.8 Å². The quantitative estimate of drug-likeness (QED) is 0.391. The molecule has 7 nitrogen and oxygen atoms in total. The minimum Gasteiger partial charge on any atom is -0.304 e. The van der Waals surface area contributed by atoms with Crippen molar-refractivity contribution in [2.75, 3.05) is 0 Å². The number of Topliss-reactive ketones (excluding diaryl/α,β-unsaturated/α-hetero) is 1. The van der Waals surface area contributed by atoms with E-state index in [4.69, 9.17) is 20.6 Å². The number of ketones is 1. The number of sulfonamides is 1. The minimum absolute atomic E-state index is 0.0791. The highest BCUT2D eigenvalue weighted by Crippen LogP contribution is 2.67. The second kappa shape index (κ2) is 9.74. The summed E-state index contributed by atoms with van der Waals surface area (Å²) in [5.74, 6) is -0.522. The third-order valence-corrected chi connectivity index (χ3v) is 9.87. The van der Waals surface area contributed by atoms with E-state index in [0.29, 0.717) is 4.47 Å². The van der Waals surface area contributed by atoms with Crippen LogP contribution in [-0.4, -0.2) is 26.4 Å². The molecule has 11 heteroatoms. The van der Waals surface area contributed by atoms with Crippen molar-refractivity contribution in [3.05, 3.63) is 75.2 Å². The molecule has 0 aromatic heterocycles. The van der Waals surface area contributed by atoms with Crippen LogP contribution >= 0.6 is 35.1 Å². The first-order chi connectivity index (χ1) is 15.3. The lowest BCUT2D eigenvalue weighted by molar-refractivity contribution is 0.103. The fraction of sp³-hybridized carbons (Fsp3) is 0.318. The molecule has 1 aliphatic carbocycles. The number of carbonyl (C=O) groups excluding carboxylic acids is 1. The van der Waals surface area contributed by atoms with Gasteiger partial charge in [-0.1, -0.05) is 51.8 Å². The molecule has 1 atom stereocenters. The van der Waals surface area contributed by atoms with Crippen LogP contribution in [0.25, 0.3) is 0 Å². The lowest BCUT2D eigenvalue weighted by Gasteiger charge is -2.41. The zero-order valence-corrected chi connectivity index (χ0v) is 22.5. The highest BCUT2D eigenvalue weighted by atomic mass is 79.9. The summed E-state index contributed by atoms with van der Waals surface area (Å²) < 4.78 is 56.4. The van der Waals surface area contributed by atoms with Gasteiger partial charge in [-0.05, 0) is 58.0 Å². The van der Waals surface area contributed by atoms with Crippen molar-refractivity contribution in [1.82, 2.24) is 4.72 Å². The Morgan fingerprint density at radius 3 is 2.09 bits per heavy atom. The van der Waals surface area contributed by atoms with E-state index >= 15 is 0 Å². The molecule has 0 bridgehead atoms. The van der Waals surface area contributed by atoms with E-state index in [1.165, 1.54) is 24.3 Å². The lowest BCUT2D eigenvalue weighted by Crippen LogP contribution is -2.48. The van der Waals surface area contributed by atoms with Crippen molar-refractivity contribution < 1.29 is 26.8 Å². The van der Waals surface area contributed by atoms with Crippen LogP contribution in [0.5, 0.6) is 0 Å². The summed E-state index contributed by atoms with van der Waals surface area (Å²) in [5, 5.41) is -2.39. The Kier molecular flexibility index (Phi) is 7.76. The number of allylic oxidation sites excluding steroid dienone is 1. The van der Waals surface area contributed by atoms with Crippen molar-refractivity contribution in [3.8, 4) is 0 Å². The fourth-order valence-electron chi connectivity index (χ4n) is 3.46. The summed E-state index contributed by atoms with van der Waals surface area (Å²) in [6, 6.07) is 12.1. The molecule has 0 aliphatic heterocycles. The normalized spacial score (nSPS) is 19.0. The van der Waals surface area contributed by atoms with Crippen molar-refractivity contribution in [2.45, 2.75) is 50.1 Å². The van der Waals surface area contributed by atoms with Crippen molar-refractivity contribution in [2.24, 2.45) is 0 Å². The Morgan fingerprint density at radius 1 is 1.00 bits per heavy atom. The third-order valence-electron chi connectivity index (χ3n) is 4.68. The molecule has 0 saturated carbocycles. The molecule has 3 rings (SSSR count). The van der Waals surface area contributed by atoms with Crippen LogP contribution in [0.4, 0.5) is 0 Å². The summed E-state index contributed by atoms with van der Waals surface area (Å²) in [7, 11) is -8.66. The van der Waals surface area contributed by atoms with E-state index in [1.807, 2.05) is 0 Å². The molecule has 0 spiro atoms. The maximum atomic E-state index is 14.5. The molecule has 0 amide bonds. The van der Waals surface area contributed by atoms with Crippen LogP contribution < -0.4 is 4.72 Å². The third kappa shape index (κ3) is 5.20.